The zero-order valence-corrected chi connectivity index (χ0v) is 14.5. The lowest BCUT2D eigenvalue weighted by atomic mass is 10.2. The maximum Gasteiger partial charge on any atom is 0.355 e. The summed E-state index contributed by atoms with van der Waals surface area (Å²) in [6.45, 7) is 0.129. The third-order valence-corrected chi connectivity index (χ3v) is 4.74. The number of esters is 1. The summed E-state index contributed by atoms with van der Waals surface area (Å²) in [4.78, 5) is 29.6. The van der Waals surface area contributed by atoms with E-state index in [0.29, 0.717) is 16.6 Å². The van der Waals surface area contributed by atoms with Crippen molar-refractivity contribution in [2.45, 2.75) is 6.54 Å². The van der Waals surface area contributed by atoms with Gasteiger partial charge in [-0.15, -0.1) is 11.3 Å². The molecule has 0 aliphatic carbocycles. The molecule has 0 aliphatic heterocycles. The van der Waals surface area contributed by atoms with Crippen molar-refractivity contribution in [3.8, 4) is 0 Å². The van der Waals surface area contributed by atoms with E-state index in [0.717, 1.165) is 15.8 Å². The number of amides is 1. The summed E-state index contributed by atoms with van der Waals surface area (Å²) < 4.78 is 5.78. The number of ether oxygens (including phenoxy) is 1. The molecule has 0 saturated heterocycles. The van der Waals surface area contributed by atoms with Crippen LogP contribution in [-0.2, 0) is 16.1 Å². The Labute approximate surface area is 147 Å². The highest BCUT2D eigenvalue weighted by Crippen LogP contribution is 2.22. The Morgan fingerprint density at radius 3 is 2.75 bits per heavy atom. The molecule has 124 valence electrons. The number of benzene rings is 1. The van der Waals surface area contributed by atoms with Gasteiger partial charge < -0.3 is 14.6 Å². The number of aromatic nitrogens is 1. The fourth-order valence-electron chi connectivity index (χ4n) is 2.26. The molecule has 24 heavy (non-hydrogen) atoms. The Morgan fingerprint density at radius 2 is 2.04 bits per heavy atom. The molecule has 0 radical (unpaired) electrons. The second-order valence-electron chi connectivity index (χ2n) is 5.30. The summed E-state index contributed by atoms with van der Waals surface area (Å²) >= 11 is 7.29. The van der Waals surface area contributed by atoms with Gasteiger partial charge in [-0.2, -0.15) is 0 Å². The number of fused-ring (bicyclic) bond motifs is 1. The van der Waals surface area contributed by atoms with Crippen molar-refractivity contribution >= 4 is 45.7 Å². The third kappa shape index (κ3) is 3.77. The number of H-pyrrole nitrogens is 1. The van der Waals surface area contributed by atoms with Gasteiger partial charge in [0, 0.05) is 22.8 Å². The first-order chi connectivity index (χ1) is 11.5. The molecular formula is C17H15ClN2O3S. The molecular weight excluding hydrogens is 348 g/mol. The summed E-state index contributed by atoms with van der Waals surface area (Å²) in [5, 5.41) is 0.919. The SMILES string of the molecule is CN(Cc1ccc(Cl)s1)C(=O)COC(=O)c1cc2ccccc2[nH]1. The summed E-state index contributed by atoms with van der Waals surface area (Å²) in [6.07, 6.45) is 0. The molecule has 0 bridgehead atoms. The summed E-state index contributed by atoms with van der Waals surface area (Å²) in [5.41, 5.74) is 1.18. The van der Waals surface area contributed by atoms with Crippen LogP contribution in [-0.4, -0.2) is 35.4 Å². The number of carbonyl (C=O) groups excluding carboxylic acids is 2. The predicted octanol–water partition coefficient (Wildman–Crippen LogP) is 3.70. The maximum atomic E-state index is 12.1. The van der Waals surface area contributed by atoms with E-state index < -0.39 is 5.97 Å². The smallest absolute Gasteiger partial charge is 0.355 e. The average molecular weight is 363 g/mol. The van der Waals surface area contributed by atoms with Gasteiger partial charge in [-0.25, -0.2) is 4.79 Å². The first kappa shape index (κ1) is 16.5. The molecule has 0 unspecified atom stereocenters. The molecule has 1 amide bonds. The van der Waals surface area contributed by atoms with Gasteiger partial charge in [-0.1, -0.05) is 29.8 Å². The van der Waals surface area contributed by atoms with Gasteiger partial charge in [0.2, 0.25) is 0 Å². The van der Waals surface area contributed by atoms with Crippen molar-refractivity contribution in [3.05, 3.63) is 57.4 Å². The average Bonchev–Trinajstić information content (AvgIpc) is 3.18. The van der Waals surface area contributed by atoms with Gasteiger partial charge in [0.25, 0.3) is 5.91 Å². The van der Waals surface area contributed by atoms with Crippen LogP contribution in [0.1, 0.15) is 15.4 Å². The lowest BCUT2D eigenvalue weighted by Crippen LogP contribution is -2.30. The molecule has 1 N–H and O–H groups in total. The molecule has 1 aromatic carbocycles. The third-order valence-electron chi connectivity index (χ3n) is 3.52. The van der Waals surface area contributed by atoms with Crippen molar-refractivity contribution in [3.63, 3.8) is 0 Å². The van der Waals surface area contributed by atoms with Gasteiger partial charge in [-0.05, 0) is 24.3 Å². The summed E-state index contributed by atoms with van der Waals surface area (Å²) in [6, 6.07) is 12.9. The number of hydrogen-bond donors (Lipinski definition) is 1. The van der Waals surface area contributed by atoms with Crippen LogP contribution in [0, 0.1) is 0 Å². The van der Waals surface area contributed by atoms with E-state index in [1.807, 2.05) is 30.3 Å². The molecule has 3 aromatic rings. The Kier molecular flexibility index (Phi) is 4.87. The Hall–Kier alpha value is -2.31. The van der Waals surface area contributed by atoms with Gasteiger partial charge >= 0.3 is 5.97 Å². The van der Waals surface area contributed by atoms with Crippen LogP contribution in [0.5, 0.6) is 0 Å². The zero-order chi connectivity index (χ0) is 17.1. The van der Waals surface area contributed by atoms with Gasteiger partial charge in [0.05, 0.1) is 10.9 Å². The normalized spacial score (nSPS) is 10.8. The van der Waals surface area contributed by atoms with Crippen LogP contribution in [0.4, 0.5) is 0 Å². The Balaban J connectivity index is 1.56. The van der Waals surface area contributed by atoms with Gasteiger partial charge in [-0.3, -0.25) is 4.79 Å². The highest BCUT2D eigenvalue weighted by Gasteiger charge is 2.16. The molecule has 5 nitrogen and oxygen atoms in total. The Morgan fingerprint density at radius 1 is 1.25 bits per heavy atom. The first-order valence-corrected chi connectivity index (χ1v) is 8.45. The predicted molar refractivity (Wildman–Crippen MR) is 94.4 cm³/mol. The number of halogens is 1. The topological polar surface area (TPSA) is 62.4 Å². The van der Waals surface area contributed by atoms with Crippen molar-refractivity contribution in [2.75, 3.05) is 13.7 Å². The fraction of sp³-hybridized carbons (Fsp3) is 0.176. The number of para-hydroxylation sites is 1. The van der Waals surface area contributed by atoms with E-state index in [2.05, 4.69) is 4.98 Å². The van der Waals surface area contributed by atoms with Crippen LogP contribution in [0.3, 0.4) is 0 Å². The Bertz CT molecular complexity index is 854. The number of nitrogens with one attached hydrogen (secondary N) is 1. The van der Waals surface area contributed by atoms with Crippen LogP contribution >= 0.6 is 22.9 Å². The minimum Gasteiger partial charge on any atom is -0.451 e. The van der Waals surface area contributed by atoms with Crippen LogP contribution < -0.4 is 0 Å². The first-order valence-electron chi connectivity index (χ1n) is 7.26. The molecule has 0 atom stereocenters. The molecule has 7 heteroatoms. The monoisotopic (exact) mass is 362 g/mol. The maximum absolute atomic E-state index is 12.1. The molecule has 0 saturated carbocycles. The minimum absolute atomic E-state index is 0.274. The van der Waals surface area contributed by atoms with E-state index in [4.69, 9.17) is 16.3 Å². The highest BCUT2D eigenvalue weighted by molar-refractivity contribution is 7.16. The van der Waals surface area contributed by atoms with Crippen LogP contribution in [0.25, 0.3) is 10.9 Å². The molecule has 2 heterocycles. The van der Waals surface area contributed by atoms with Crippen LogP contribution in [0.15, 0.2) is 42.5 Å². The number of thiophene rings is 1. The number of nitrogens with zero attached hydrogens (tertiary/aromatic N) is 1. The number of rotatable bonds is 5. The van der Waals surface area contributed by atoms with Crippen molar-refractivity contribution in [1.82, 2.24) is 9.88 Å². The van der Waals surface area contributed by atoms with E-state index in [-0.39, 0.29) is 12.5 Å². The fourth-order valence-corrected chi connectivity index (χ4v) is 3.40. The molecule has 2 aromatic heterocycles. The molecule has 0 aliphatic rings. The lowest BCUT2D eigenvalue weighted by molar-refractivity contribution is -0.133. The quantitative estimate of drug-likeness (QED) is 0.704. The largest absolute Gasteiger partial charge is 0.451 e. The number of carbonyl (C=O) groups is 2. The van der Waals surface area contributed by atoms with E-state index in [9.17, 15) is 9.59 Å². The van der Waals surface area contributed by atoms with Gasteiger partial charge in [0.1, 0.15) is 5.69 Å². The minimum atomic E-state index is -0.549. The van der Waals surface area contributed by atoms with E-state index in [1.54, 1.807) is 19.2 Å². The molecule has 0 spiro atoms. The number of hydrogen-bond acceptors (Lipinski definition) is 4. The second kappa shape index (κ2) is 7.07. The van der Waals surface area contributed by atoms with Crippen LogP contribution in [0.2, 0.25) is 4.34 Å². The van der Waals surface area contributed by atoms with Gasteiger partial charge in [0.15, 0.2) is 6.61 Å². The molecule has 0 fully saturated rings. The van der Waals surface area contributed by atoms with E-state index >= 15 is 0 Å². The molecule has 3 rings (SSSR count). The van der Waals surface area contributed by atoms with E-state index in [1.165, 1.54) is 16.2 Å². The lowest BCUT2D eigenvalue weighted by Gasteiger charge is -2.15. The standard InChI is InChI=1S/C17H15ClN2O3S/c1-20(9-12-6-7-15(18)24-12)16(21)10-23-17(22)14-8-11-4-2-3-5-13(11)19-14/h2-8,19H,9-10H2,1H3. The van der Waals surface area contributed by atoms with Crippen molar-refractivity contribution in [1.29, 1.82) is 0 Å². The van der Waals surface area contributed by atoms with Crippen molar-refractivity contribution in [2.24, 2.45) is 0 Å². The summed E-state index contributed by atoms with van der Waals surface area (Å²) in [5.74, 6) is -0.823. The zero-order valence-electron chi connectivity index (χ0n) is 12.9. The second-order valence-corrected chi connectivity index (χ2v) is 7.10. The summed E-state index contributed by atoms with van der Waals surface area (Å²) in [7, 11) is 1.66. The van der Waals surface area contributed by atoms with Crippen molar-refractivity contribution < 1.29 is 14.3 Å². The highest BCUT2D eigenvalue weighted by atomic mass is 35.5. The number of likely N-dealkylation sites (N-methyl/N-ethyl adjacent to an activating group) is 1. The number of aromatic amines is 1.